The molecule has 2 aromatic carbocycles. The van der Waals surface area contributed by atoms with E-state index in [1.807, 2.05) is 41.3 Å². The van der Waals surface area contributed by atoms with Crippen LogP contribution in [0.3, 0.4) is 0 Å². The van der Waals surface area contributed by atoms with Crippen LogP contribution in [0.15, 0.2) is 53.4 Å². The molecule has 3 heterocycles. The van der Waals surface area contributed by atoms with Gasteiger partial charge >= 0.3 is 0 Å². The highest BCUT2D eigenvalue weighted by Crippen LogP contribution is 2.32. The Morgan fingerprint density at radius 3 is 2.75 bits per heavy atom. The van der Waals surface area contributed by atoms with Crippen LogP contribution in [0, 0.1) is 0 Å². The molecule has 0 bridgehead atoms. The number of sulfone groups is 1. The van der Waals surface area contributed by atoms with E-state index in [0.717, 1.165) is 27.7 Å². The van der Waals surface area contributed by atoms with E-state index in [4.69, 9.17) is 15.5 Å². The number of anilines is 2. The fraction of sp³-hybridized carbons (Fsp3) is 0.348. The highest BCUT2D eigenvalue weighted by Gasteiger charge is 2.34. The first kappa shape index (κ1) is 21.1. The Kier molecular flexibility index (Phi) is 5.29. The number of hydrogen-bond acceptors (Lipinski definition) is 8. The molecule has 32 heavy (non-hydrogen) atoms. The first-order valence-electron chi connectivity index (χ1n) is 10.6. The fourth-order valence-electron chi connectivity index (χ4n) is 4.16. The topological polar surface area (TPSA) is 118 Å². The van der Waals surface area contributed by atoms with Crippen LogP contribution in [0.1, 0.15) is 11.1 Å². The fourth-order valence-corrected chi connectivity index (χ4v) is 5.66. The predicted octanol–water partition coefficient (Wildman–Crippen LogP) is 1.66. The summed E-state index contributed by atoms with van der Waals surface area (Å²) in [7, 11) is -3.35. The van der Waals surface area contributed by atoms with Crippen LogP contribution in [0.5, 0.6) is 0 Å². The standard InChI is InChI=1S/C23H26N4O4S/c24-23(14-31-15-23)13-25-20-10-22(26-19-6-5-16(12-28)9-18(19)20)27-7-8-32(29,30)21-4-2-1-3-17(21)11-27/h1-6,9-10,28H,7-8,11-15,24H2,(H,25,26). The van der Waals surface area contributed by atoms with Crippen molar-refractivity contribution in [3.8, 4) is 0 Å². The van der Waals surface area contributed by atoms with Crippen LogP contribution in [-0.2, 0) is 27.7 Å². The van der Waals surface area contributed by atoms with Crippen molar-refractivity contribution in [2.45, 2.75) is 23.6 Å². The van der Waals surface area contributed by atoms with Crippen LogP contribution in [0.25, 0.3) is 10.9 Å². The van der Waals surface area contributed by atoms with Crippen LogP contribution in [0.4, 0.5) is 11.5 Å². The Morgan fingerprint density at radius 2 is 2.00 bits per heavy atom. The molecule has 2 aliphatic rings. The lowest BCUT2D eigenvalue weighted by atomic mass is 9.99. The Morgan fingerprint density at radius 1 is 1.19 bits per heavy atom. The Bertz CT molecular complexity index is 1270. The monoisotopic (exact) mass is 454 g/mol. The zero-order chi connectivity index (χ0) is 22.3. The van der Waals surface area contributed by atoms with Crippen LogP contribution in [0.2, 0.25) is 0 Å². The summed E-state index contributed by atoms with van der Waals surface area (Å²) >= 11 is 0. The van der Waals surface area contributed by atoms with E-state index in [2.05, 4.69) is 5.32 Å². The van der Waals surface area contributed by atoms with Crippen molar-refractivity contribution in [1.82, 2.24) is 4.98 Å². The quantitative estimate of drug-likeness (QED) is 0.533. The van der Waals surface area contributed by atoms with E-state index < -0.39 is 15.4 Å². The molecule has 1 saturated heterocycles. The molecular weight excluding hydrogens is 428 g/mol. The van der Waals surface area contributed by atoms with Gasteiger partial charge in [-0.15, -0.1) is 0 Å². The van der Waals surface area contributed by atoms with E-state index in [0.29, 0.717) is 43.6 Å². The molecule has 8 nitrogen and oxygen atoms in total. The van der Waals surface area contributed by atoms with Crippen molar-refractivity contribution >= 4 is 32.2 Å². The minimum absolute atomic E-state index is 0.0270. The summed E-state index contributed by atoms with van der Waals surface area (Å²) in [5.74, 6) is 0.721. The second-order valence-corrected chi connectivity index (χ2v) is 10.7. The first-order chi connectivity index (χ1) is 15.4. The van der Waals surface area contributed by atoms with Crippen molar-refractivity contribution in [3.05, 3.63) is 59.7 Å². The van der Waals surface area contributed by atoms with Gasteiger partial charge in [-0.2, -0.15) is 0 Å². The number of pyridine rings is 1. The van der Waals surface area contributed by atoms with Crippen molar-refractivity contribution in [2.75, 3.05) is 42.3 Å². The number of nitrogens with zero attached hydrogens (tertiary/aromatic N) is 2. The summed E-state index contributed by atoms with van der Waals surface area (Å²) in [4.78, 5) is 7.22. The van der Waals surface area contributed by atoms with E-state index in [1.165, 1.54) is 0 Å². The van der Waals surface area contributed by atoms with Gasteiger partial charge in [-0.05, 0) is 29.3 Å². The van der Waals surface area contributed by atoms with Crippen molar-refractivity contribution < 1.29 is 18.3 Å². The van der Waals surface area contributed by atoms with Gasteiger partial charge in [-0.25, -0.2) is 13.4 Å². The Hall–Kier alpha value is -2.72. The summed E-state index contributed by atoms with van der Waals surface area (Å²) in [6, 6.07) is 14.7. The minimum atomic E-state index is -3.35. The number of ether oxygens (including phenoxy) is 1. The van der Waals surface area contributed by atoms with Gasteiger partial charge in [0, 0.05) is 36.8 Å². The number of aromatic nitrogens is 1. The smallest absolute Gasteiger partial charge is 0.180 e. The molecule has 9 heteroatoms. The van der Waals surface area contributed by atoms with Gasteiger partial charge in [0.2, 0.25) is 0 Å². The summed E-state index contributed by atoms with van der Waals surface area (Å²) in [6.07, 6.45) is 0. The molecule has 0 spiro atoms. The number of fused-ring (bicyclic) bond motifs is 2. The first-order valence-corrected chi connectivity index (χ1v) is 12.2. The molecule has 0 atom stereocenters. The van der Waals surface area contributed by atoms with Gasteiger partial charge in [0.25, 0.3) is 0 Å². The summed E-state index contributed by atoms with van der Waals surface area (Å²) in [6.45, 7) is 2.27. The number of benzene rings is 2. The van der Waals surface area contributed by atoms with E-state index in [-0.39, 0.29) is 12.4 Å². The summed E-state index contributed by atoms with van der Waals surface area (Å²) in [5.41, 5.74) is 9.06. The third-order valence-electron chi connectivity index (χ3n) is 6.07. The van der Waals surface area contributed by atoms with Gasteiger partial charge < -0.3 is 25.8 Å². The molecule has 2 aliphatic heterocycles. The number of aliphatic hydroxyl groups excluding tert-OH is 1. The van der Waals surface area contributed by atoms with Crippen LogP contribution < -0.4 is 16.0 Å². The minimum Gasteiger partial charge on any atom is -0.392 e. The van der Waals surface area contributed by atoms with Gasteiger partial charge in [0.1, 0.15) is 5.82 Å². The molecular formula is C23H26N4O4S. The lowest BCUT2D eigenvalue weighted by Crippen LogP contribution is -2.61. The van der Waals surface area contributed by atoms with Crippen molar-refractivity contribution in [1.29, 1.82) is 0 Å². The zero-order valence-electron chi connectivity index (χ0n) is 17.6. The Labute approximate surface area is 186 Å². The highest BCUT2D eigenvalue weighted by atomic mass is 32.2. The maximum absolute atomic E-state index is 12.8. The third-order valence-corrected chi connectivity index (χ3v) is 7.86. The number of nitrogens with two attached hydrogens (primary N) is 1. The average molecular weight is 455 g/mol. The van der Waals surface area contributed by atoms with E-state index in [1.54, 1.807) is 12.1 Å². The molecule has 5 rings (SSSR count). The number of rotatable bonds is 5. The van der Waals surface area contributed by atoms with Crippen molar-refractivity contribution in [3.63, 3.8) is 0 Å². The lowest BCUT2D eigenvalue weighted by molar-refractivity contribution is -0.0461. The Balaban J connectivity index is 1.55. The van der Waals surface area contributed by atoms with E-state index in [9.17, 15) is 13.5 Å². The summed E-state index contributed by atoms with van der Waals surface area (Å²) in [5, 5.41) is 13.9. The zero-order valence-corrected chi connectivity index (χ0v) is 18.4. The molecule has 168 valence electrons. The molecule has 1 fully saturated rings. The molecule has 0 aliphatic carbocycles. The SMILES string of the molecule is NC1(CNc2cc(N3CCS(=O)(=O)c4ccccc4C3)nc3ccc(CO)cc23)COC1. The second-order valence-electron chi connectivity index (χ2n) is 8.59. The van der Waals surface area contributed by atoms with Gasteiger partial charge in [0.05, 0.1) is 41.5 Å². The molecule has 0 amide bonds. The van der Waals surface area contributed by atoms with Gasteiger partial charge in [0.15, 0.2) is 9.84 Å². The van der Waals surface area contributed by atoms with Gasteiger partial charge in [-0.3, -0.25) is 0 Å². The maximum atomic E-state index is 12.8. The summed E-state index contributed by atoms with van der Waals surface area (Å²) < 4.78 is 30.8. The lowest BCUT2D eigenvalue weighted by Gasteiger charge is -2.38. The largest absolute Gasteiger partial charge is 0.392 e. The molecule has 0 radical (unpaired) electrons. The maximum Gasteiger partial charge on any atom is 0.180 e. The van der Waals surface area contributed by atoms with E-state index >= 15 is 0 Å². The molecule has 4 N–H and O–H groups in total. The molecule has 0 unspecified atom stereocenters. The average Bonchev–Trinajstić information content (AvgIpc) is 2.91. The number of hydrogen-bond donors (Lipinski definition) is 3. The molecule has 3 aromatic rings. The predicted molar refractivity (Wildman–Crippen MR) is 123 cm³/mol. The van der Waals surface area contributed by atoms with Crippen LogP contribution in [-0.4, -0.2) is 56.1 Å². The van der Waals surface area contributed by atoms with Crippen molar-refractivity contribution in [2.24, 2.45) is 5.73 Å². The van der Waals surface area contributed by atoms with Gasteiger partial charge in [-0.1, -0.05) is 24.3 Å². The normalized spacial score (nSPS) is 19.1. The van der Waals surface area contributed by atoms with Crippen LogP contribution >= 0.6 is 0 Å². The molecule has 0 saturated carbocycles. The third kappa shape index (κ3) is 3.93. The number of aliphatic hydroxyl groups is 1. The molecule has 1 aromatic heterocycles. The number of nitrogens with one attached hydrogen (secondary N) is 1. The second kappa shape index (κ2) is 8.00. The highest BCUT2D eigenvalue weighted by molar-refractivity contribution is 7.91.